The summed E-state index contributed by atoms with van der Waals surface area (Å²) in [6.45, 7) is 4.06. The summed E-state index contributed by atoms with van der Waals surface area (Å²) >= 11 is 0. The summed E-state index contributed by atoms with van der Waals surface area (Å²) in [4.78, 5) is 18.4. The molecule has 1 aliphatic heterocycles. The van der Waals surface area contributed by atoms with Gasteiger partial charge in [-0.1, -0.05) is 6.07 Å². The maximum absolute atomic E-state index is 6.04. The molecule has 2 aromatic heterocycles. The van der Waals surface area contributed by atoms with Crippen molar-refractivity contribution < 1.29 is 0 Å². The quantitative estimate of drug-likeness (QED) is 0.857. The van der Waals surface area contributed by atoms with Gasteiger partial charge < -0.3 is 15.5 Å². The molecule has 1 fully saturated rings. The molecule has 0 aromatic carbocycles. The van der Waals surface area contributed by atoms with Gasteiger partial charge in [-0.05, 0) is 37.9 Å². The fraction of sp³-hybridized carbons (Fsp3) is 0.471. The van der Waals surface area contributed by atoms with Gasteiger partial charge in [-0.3, -0.25) is 4.98 Å². The monoisotopic (exact) mass is 310 g/mol. The topological polar surface area (TPSA) is 71.2 Å². The molecule has 2 N–H and O–H groups in total. The van der Waals surface area contributed by atoms with Crippen LogP contribution in [0.2, 0.25) is 0 Å². The molecule has 0 atom stereocenters. The predicted octanol–water partition coefficient (Wildman–Crippen LogP) is 1.36. The molecule has 0 amide bonds. The van der Waals surface area contributed by atoms with Crippen molar-refractivity contribution in [3.8, 4) is 11.4 Å². The van der Waals surface area contributed by atoms with Crippen molar-refractivity contribution in [1.82, 2.24) is 19.9 Å². The van der Waals surface area contributed by atoms with E-state index in [-0.39, 0.29) is 0 Å². The minimum absolute atomic E-state index is 0.344. The number of anilines is 2. The Labute approximate surface area is 136 Å². The lowest BCUT2D eigenvalue weighted by Gasteiger charge is -2.34. The number of piperazine rings is 1. The molecule has 1 aliphatic carbocycles. The normalized spacial score (nSPS) is 18.2. The van der Waals surface area contributed by atoms with E-state index in [4.69, 9.17) is 5.73 Å². The molecule has 120 valence electrons. The number of rotatable bonds is 1. The predicted molar refractivity (Wildman–Crippen MR) is 91.4 cm³/mol. The van der Waals surface area contributed by atoms with Crippen molar-refractivity contribution in [2.75, 3.05) is 43.9 Å². The van der Waals surface area contributed by atoms with Gasteiger partial charge in [-0.25, -0.2) is 4.98 Å². The van der Waals surface area contributed by atoms with E-state index in [2.05, 4.69) is 37.9 Å². The lowest BCUT2D eigenvalue weighted by Crippen LogP contribution is -2.45. The number of aryl methyl sites for hydroxylation is 1. The van der Waals surface area contributed by atoms with Crippen LogP contribution in [0.4, 0.5) is 11.8 Å². The summed E-state index contributed by atoms with van der Waals surface area (Å²) in [5, 5.41) is 0. The molecule has 6 nitrogen and oxygen atoms in total. The second-order valence-electron chi connectivity index (χ2n) is 6.39. The number of aromatic nitrogens is 3. The number of hydrogen-bond acceptors (Lipinski definition) is 6. The zero-order valence-electron chi connectivity index (χ0n) is 13.5. The first-order valence-electron chi connectivity index (χ1n) is 8.26. The van der Waals surface area contributed by atoms with E-state index in [0.29, 0.717) is 5.95 Å². The molecule has 0 unspecified atom stereocenters. The van der Waals surface area contributed by atoms with Crippen LogP contribution in [-0.2, 0) is 12.8 Å². The van der Waals surface area contributed by atoms with Crippen molar-refractivity contribution in [1.29, 1.82) is 0 Å². The first kappa shape index (κ1) is 14.4. The third-order valence-electron chi connectivity index (χ3n) is 4.79. The van der Waals surface area contributed by atoms with Crippen LogP contribution in [0.1, 0.15) is 17.5 Å². The van der Waals surface area contributed by atoms with E-state index in [1.807, 2.05) is 12.3 Å². The molecule has 1 saturated heterocycles. The van der Waals surface area contributed by atoms with Crippen LogP contribution < -0.4 is 10.6 Å². The lowest BCUT2D eigenvalue weighted by atomic mass is 10.1. The summed E-state index contributed by atoms with van der Waals surface area (Å²) < 4.78 is 0. The summed E-state index contributed by atoms with van der Waals surface area (Å²) in [7, 11) is 2.16. The van der Waals surface area contributed by atoms with E-state index in [9.17, 15) is 0 Å². The number of nitrogen functional groups attached to an aromatic ring is 1. The molecule has 0 saturated carbocycles. The van der Waals surface area contributed by atoms with Crippen LogP contribution in [0.5, 0.6) is 0 Å². The molecule has 0 bridgehead atoms. The second kappa shape index (κ2) is 5.77. The molecule has 3 heterocycles. The zero-order valence-corrected chi connectivity index (χ0v) is 13.5. The van der Waals surface area contributed by atoms with Crippen LogP contribution in [0, 0.1) is 0 Å². The van der Waals surface area contributed by atoms with Crippen molar-refractivity contribution in [3.05, 3.63) is 29.5 Å². The average molecular weight is 310 g/mol. The third kappa shape index (κ3) is 2.63. The van der Waals surface area contributed by atoms with E-state index >= 15 is 0 Å². The van der Waals surface area contributed by atoms with Crippen LogP contribution in [-0.4, -0.2) is 53.1 Å². The van der Waals surface area contributed by atoms with Crippen LogP contribution in [0.3, 0.4) is 0 Å². The highest BCUT2D eigenvalue weighted by atomic mass is 15.3. The molecule has 4 rings (SSSR count). The van der Waals surface area contributed by atoms with E-state index in [1.165, 1.54) is 11.1 Å². The Morgan fingerprint density at radius 2 is 1.87 bits per heavy atom. The van der Waals surface area contributed by atoms with Gasteiger partial charge in [-0.2, -0.15) is 4.98 Å². The smallest absolute Gasteiger partial charge is 0.222 e. The summed E-state index contributed by atoms with van der Waals surface area (Å²) in [5.74, 6) is 1.36. The Morgan fingerprint density at radius 1 is 1.04 bits per heavy atom. The number of pyridine rings is 1. The fourth-order valence-corrected chi connectivity index (χ4v) is 3.50. The van der Waals surface area contributed by atoms with Gasteiger partial charge in [0.05, 0.1) is 11.4 Å². The Balaban J connectivity index is 1.83. The molecule has 0 radical (unpaired) electrons. The Morgan fingerprint density at radius 3 is 2.70 bits per heavy atom. The summed E-state index contributed by atoms with van der Waals surface area (Å²) in [6, 6.07) is 4.14. The van der Waals surface area contributed by atoms with Crippen molar-refractivity contribution in [2.45, 2.75) is 19.3 Å². The zero-order chi connectivity index (χ0) is 15.8. The maximum Gasteiger partial charge on any atom is 0.222 e. The second-order valence-corrected chi connectivity index (χ2v) is 6.39. The number of fused-ring (bicyclic) bond motifs is 3. The Hall–Kier alpha value is -2.21. The van der Waals surface area contributed by atoms with Crippen molar-refractivity contribution >= 4 is 11.8 Å². The Kier molecular flexibility index (Phi) is 3.61. The molecular weight excluding hydrogens is 288 g/mol. The average Bonchev–Trinajstić information content (AvgIpc) is 2.75. The van der Waals surface area contributed by atoms with Gasteiger partial charge in [0.25, 0.3) is 0 Å². The number of hydrogen-bond donors (Lipinski definition) is 1. The van der Waals surface area contributed by atoms with Gasteiger partial charge in [0, 0.05) is 37.9 Å². The highest BCUT2D eigenvalue weighted by Crippen LogP contribution is 2.34. The van der Waals surface area contributed by atoms with Gasteiger partial charge in [0.15, 0.2) is 0 Å². The van der Waals surface area contributed by atoms with Gasteiger partial charge in [0.1, 0.15) is 5.82 Å². The van der Waals surface area contributed by atoms with Gasteiger partial charge in [-0.15, -0.1) is 0 Å². The Bertz CT molecular complexity index is 721. The molecule has 6 heteroatoms. The number of likely N-dealkylation sites (N-methyl/N-ethyl adjacent to an activating group) is 1. The van der Waals surface area contributed by atoms with Crippen molar-refractivity contribution in [3.63, 3.8) is 0 Å². The number of nitrogens with two attached hydrogens (primary N) is 1. The van der Waals surface area contributed by atoms with Crippen LogP contribution in [0.25, 0.3) is 11.4 Å². The minimum atomic E-state index is 0.344. The van der Waals surface area contributed by atoms with E-state index < -0.39 is 0 Å². The standard InChI is InChI=1S/C17H22N6/c1-22-8-10-23(11-9-22)16-13-6-2-4-12-5-3-7-19-14(12)15(13)20-17(18)21-16/h3,5,7H,2,4,6,8-11H2,1H3,(H2,18,20,21). The van der Waals surface area contributed by atoms with Crippen molar-refractivity contribution in [2.24, 2.45) is 0 Å². The lowest BCUT2D eigenvalue weighted by molar-refractivity contribution is 0.312. The molecule has 23 heavy (non-hydrogen) atoms. The first-order valence-corrected chi connectivity index (χ1v) is 8.26. The largest absolute Gasteiger partial charge is 0.368 e. The summed E-state index contributed by atoms with van der Waals surface area (Å²) in [5.41, 5.74) is 10.4. The van der Waals surface area contributed by atoms with Crippen LogP contribution in [0.15, 0.2) is 18.3 Å². The SMILES string of the molecule is CN1CCN(c2nc(N)nc3c2CCCc2cccnc2-3)CC1. The van der Waals surface area contributed by atoms with Gasteiger partial charge >= 0.3 is 0 Å². The summed E-state index contributed by atoms with van der Waals surface area (Å²) in [6.07, 6.45) is 4.94. The van der Waals surface area contributed by atoms with E-state index in [1.54, 1.807) is 0 Å². The molecule has 2 aromatic rings. The first-order chi connectivity index (χ1) is 11.2. The highest BCUT2D eigenvalue weighted by molar-refractivity contribution is 5.71. The maximum atomic E-state index is 6.04. The molecule has 0 spiro atoms. The van der Waals surface area contributed by atoms with E-state index in [0.717, 1.165) is 62.6 Å². The molecular formula is C17H22N6. The third-order valence-corrected chi connectivity index (χ3v) is 4.79. The fourth-order valence-electron chi connectivity index (χ4n) is 3.50. The number of nitrogens with zero attached hydrogens (tertiary/aromatic N) is 5. The highest BCUT2D eigenvalue weighted by Gasteiger charge is 2.25. The molecule has 2 aliphatic rings. The minimum Gasteiger partial charge on any atom is -0.368 e. The van der Waals surface area contributed by atoms with Gasteiger partial charge in [0.2, 0.25) is 5.95 Å². The van der Waals surface area contributed by atoms with Crippen LogP contribution >= 0.6 is 0 Å².